The van der Waals surface area contributed by atoms with E-state index >= 15 is 0 Å². The molecule has 1 aromatic carbocycles. The molecule has 1 amide bonds. The number of carbonyl (C=O) groups excluding carboxylic acids is 1. The van der Waals surface area contributed by atoms with Crippen LogP contribution in [-0.2, 0) is 11.3 Å². The number of nitrogens with two attached hydrogens (primary N) is 1. The number of nitrogens with one attached hydrogen (secondary N) is 3. The number of nitriles is 1. The van der Waals surface area contributed by atoms with E-state index in [1.165, 1.54) is 0 Å². The summed E-state index contributed by atoms with van der Waals surface area (Å²) in [5, 5.41) is 23.3. The molecule has 2 rings (SSSR count). The van der Waals surface area contributed by atoms with Crippen molar-refractivity contribution in [3.05, 3.63) is 29.8 Å². The minimum Gasteiger partial charge on any atom is -0.444 e. The average Bonchev–Trinajstić information content (AvgIpc) is 2.68. The monoisotopic (exact) mass is 413 g/mol. The van der Waals surface area contributed by atoms with Crippen LogP contribution in [0.2, 0.25) is 0 Å². The van der Waals surface area contributed by atoms with Gasteiger partial charge >= 0.3 is 6.09 Å². The van der Waals surface area contributed by atoms with E-state index in [2.05, 4.69) is 15.8 Å². The van der Waals surface area contributed by atoms with Crippen molar-refractivity contribution >= 4 is 23.3 Å². The molecule has 162 valence electrons. The van der Waals surface area contributed by atoms with Gasteiger partial charge in [0.15, 0.2) is 5.84 Å². The molecule has 0 aromatic heterocycles. The number of benzene rings is 1. The number of anilines is 1. The Morgan fingerprint density at radius 3 is 2.70 bits per heavy atom. The minimum absolute atomic E-state index is 0.159. The second kappa shape index (κ2) is 10.6. The lowest BCUT2D eigenvalue weighted by molar-refractivity contribution is 0.0166. The maximum atomic E-state index is 12.3. The van der Waals surface area contributed by atoms with Crippen molar-refractivity contribution in [2.75, 3.05) is 25.1 Å². The molecule has 1 fully saturated rings. The summed E-state index contributed by atoms with van der Waals surface area (Å²) in [7, 11) is 0. The van der Waals surface area contributed by atoms with Crippen molar-refractivity contribution in [2.45, 2.75) is 45.8 Å². The maximum Gasteiger partial charge on any atom is 0.410 e. The van der Waals surface area contributed by atoms with Crippen molar-refractivity contribution < 1.29 is 9.53 Å². The molecule has 0 bridgehead atoms. The van der Waals surface area contributed by atoms with E-state index in [1.54, 1.807) is 11.0 Å². The summed E-state index contributed by atoms with van der Waals surface area (Å²) >= 11 is 0. The quantitative estimate of drug-likeness (QED) is 0.308. The van der Waals surface area contributed by atoms with Gasteiger partial charge < -0.3 is 20.7 Å². The van der Waals surface area contributed by atoms with Gasteiger partial charge in [-0.15, -0.1) is 0 Å². The van der Waals surface area contributed by atoms with Crippen LogP contribution in [0.1, 0.15) is 39.2 Å². The Hall–Kier alpha value is -3.12. The van der Waals surface area contributed by atoms with Gasteiger partial charge in [-0.25, -0.2) is 4.79 Å². The van der Waals surface area contributed by atoms with Gasteiger partial charge in [0.05, 0.1) is 5.69 Å². The van der Waals surface area contributed by atoms with Crippen LogP contribution in [0, 0.1) is 22.7 Å². The Morgan fingerprint density at radius 1 is 1.40 bits per heavy atom. The lowest BCUT2D eigenvalue weighted by atomic mass is 9.98. The summed E-state index contributed by atoms with van der Waals surface area (Å²) < 4.78 is 5.48. The van der Waals surface area contributed by atoms with Gasteiger partial charge in [0.25, 0.3) is 0 Å². The van der Waals surface area contributed by atoms with Crippen molar-refractivity contribution in [3.63, 3.8) is 0 Å². The zero-order valence-corrected chi connectivity index (χ0v) is 17.9. The molecule has 0 saturated carbocycles. The van der Waals surface area contributed by atoms with Crippen LogP contribution >= 0.6 is 0 Å². The summed E-state index contributed by atoms with van der Waals surface area (Å²) in [6.45, 7) is 8.64. The van der Waals surface area contributed by atoms with Crippen LogP contribution in [-0.4, -0.2) is 47.8 Å². The van der Waals surface area contributed by atoms with Gasteiger partial charge in [-0.2, -0.15) is 10.4 Å². The molecule has 9 heteroatoms. The molecule has 30 heavy (non-hydrogen) atoms. The van der Waals surface area contributed by atoms with E-state index in [4.69, 9.17) is 21.1 Å². The van der Waals surface area contributed by atoms with E-state index in [0.717, 1.165) is 31.5 Å². The van der Waals surface area contributed by atoms with Crippen LogP contribution in [0.3, 0.4) is 0 Å². The minimum atomic E-state index is -0.475. The van der Waals surface area contributed by atoms with E-state index in [1.807, 2.05) is 45.0 Å². The van der Waals surface area contributed by atoms with E-state index < -0.39 is 5.60 Å². The molecular formula is C21H31N7O2. The predicted molar refractivity (Wildman–Crippen MR) is 117 cm³/mol. The van der Waals surface area contributed by atoms with Crippen LogP contribution in [0.25, 0.3) is 0 Å². The Kier molecular flexibility index (Phi) is 8.18. The molecule has 0 radical (unpaired) electrons. The molecule has 1 aliphatic heterocycles. The highest BCUT2D eigenvalue weighted by molar-refractivity contribution is 6.45. The van der Waals surface area contributed by atoms with E-state index in [9.17, 15) is 4.79 Å². The summed E-state index contributed by atoms with van der Waals surface area (Å²) in [6.07, 6.45) is 1.84. The van der Waals surface area contributed by atoms with Crippen molar-refractivity contribution in [1.82, 2.24) is 10.2 Å². The third kappa shape index (κ3) is 7.72. The number of amides is 1. The number of nitrogens with zero attached hydrogens (tertiary/aromatic N) is 3. The first-order valence-corrected chi connectivity index (χ1v) is 10.0. The molecule has 5 N–H and O–H groups in total. The number of hydrogen-bond donors (Lipinski definition) is 4. The topological polar surface area (TPSA) is 140 Å². The molecule has 1 saturated heterocycles. The first-order chi connectivity index (χ1) is 14.2. The summed E-state index contributed by atoms with van der Waals surface area (Å²) in [6, 6.07) is 9.37. The third-order valence-corrected chi connectivity index (χ3v) is 4.54. The number of piperidine rings is 1. The number of amidine groups is 1. The average molecular weight is 414 g/mol. The highest BCUT2D eigenvalue weighted by Gasteiger charge is 2.27. The molecular weight excluding hydrogens is 382 g/mol. The molecule has 9 nitrogen and oxygen atoms in total. The van der Waals surface area contributed by atoms with Crippen LogP contribution < -0.4 is 16.5 Å². The first kappa shape index (κ1) is 23.2. The fourth-order valence-electron chi connectivity index (χ4n) is 3.11. The second-order valence-corrected chi connectivity index (χ2v) is 8.36. The molecule has 0 spiro atoms. The molecule has 0 aliphatic carbocycles. The van der Waals surface area contributed by atoms with Gasteiger partial charge in [-0.05, 0) is 63.8 Å². The molecule has 1 heterocycles. The van der Waals surface area contributed by atoms with Gasteiger partial charge in [-0.1, -0.05) is 12.1 Å². The number of rotatable bonds is 7. The third-order valence-electron chi connectivity index (χ3n) is 4.54. The van der Waals surface area contributed by atoms with Gasteiger partial charge in [0.2, 0.25) is 5.71 Å². The van der Waals surface area contributed by atoms with Crippen LogP contribution in [0.15, 0.2) is 29.4 Å². The number of likely N-dealkylation sites (tertiary alicyclic amines) is 1. The van der Waals surface area contributed by atoms with Gasteiger partial charge in [0, 0.05) is 19.6 Å². The van der Waals surface area contributed by atoms with Crippen molar-refractivity contribution in [3.8, 4) is 6.07 Å². The summed E-state index contributed by atoms with van der Waals surface area (Å²) in [5.74, 6) is 0.0243. The number of carbonyl (C=O) groups is 1. The molecule has 1 unspecified atom stereocenters. The largest absolute Gasteiger partial charge is 0.444 e. The fourth-order valence-corrected chi connectivity index (χ4v) is 3.11. The van der Waals surface area contributed by atoms with Crippen molar-refractivity contribution in [1.29, 1.82) is 10.7 Å². The summed E-state index contributed by atoms with van der Waals surface area (Å²) in [4.78, 5) is 14.1. The van der Waals surface area contributed by atoms with Crippen LogP contribution in [0.5, 0.6) is 0 Å². The first-order valence-electron chi connectivity index (χ1n) is 10.0. The Morgan fingerprint density at radius 2 is 2.10 bits per heavy atom. The van der Waals surface area contributed by atoms with E-state index in [0.29, 0.717) is 24.7 Å². The lowest BCUT2D eigenvalue weighted by Crippen LogP contribution is -2.44. The zero-order chi connectivity index (χ0) is 22.1. The second-order valence-electron chi connectivity index (χ2n) is 8.36. The van der Waals surface area contributed by atoms with Crippen LogP contribution in [0.4, 0.5) is 10.5 Å². The Bertz CT molecular complexity index is 806. The van der Waals surface area contributed by atoms with Crippen molar-refractivity contribution in [2.24, 2.45) is 16.8 Å². The van der Waals surface area contributed by atoms with Gasteiger partial charge in [0.1, 0.15) is 11.7 Å². The predicted octanol–water partition coefficient (Wildman–Crippen LogP) is 2.65. The van der Waals surface area contributed by atoms with Gasteiger partial charge in [-0.3, -0.25) is 10.8 Å². The molecule has 1 atom stereocenters. The van der Waals surface area contributed by atoms with E-state index in [-0.39, 0.29) is 17.6 Å². The highest BCUT2D eigenvalue weighted by atomic mass is 16.6. The number of hydrazone groups is 1. The zero-order valence-electron chi connectivity index (χ0n) is 17.9. The molecule has 1 aliphatic rings. The Balaban J connectivity index is 1.78. The SMILES string of the molecule is CC(C)(C)OC(=O)N1CCCC(CNCc2ccc(N/N=C(\C#N)C(=N)N)cc2)C1. The number of hydrogen-bond acceptors (Lipinski definition) is 7. The highest BCUT2D eigenvalue weighted by Crippen LogP contribution is 2.19. The molecule has 1 aromatic rings. The standard InChI is InChI=1S/C21H31N7O2/c1-21(2,3)30-20(29)28-10-4-5-16(14-28)13-25-12-15-6-8-17(9-7-15)26-27-18(11-22)19(23)24/h6-9,16,25-26H,4-5,10,12-14H2,1-3H3,(H3,23,24)/b27-18+. The smallest absolute Gasteiger partial charge is 0.410 e. The fraction of sp³-hybridized carbons (Fsp3) is 0.524. The number of ether oxygens (including phenoxy) is 1. The lowest BCUT2D eigenvalue weighted by Gasteiger charge is -2.34. The summed E-state index contributed by atoms with van der Waals surface area (Å²) in [5.41, 5.74) is 9.15. The normalized spacial score (nSPS) is 17.2. The Labute approximate surface area is 177 Å². The maximum absolute atomic E-state index is 12.3.